The van der Waals surface area contributed by atoms with Gasteiger partial charge in [-0.3, -0.25) is 5.84 Å². The number of hydrazine groups is 1. The molecule has 0 spiro atoms. The Bertz CT molecular complexity index is 363. The fourth-order valence-corrected chi connectivity index (χ4v) is 2.09. The van der Waals surface area contributed by atoms with Crippen LogP contribution in [-0.4, -0.2) is 11.6 Å². The van der Waals surface area contributed by atoms with E-state index in [4.69, 9.17) is 5.84 Å². The molecular formula is C13H18N2. The summed E-state index contributed by atoms with van der Waals surface area (Å²) in [6.45, 7) is 5.23. The fourth-order valence-electron chi connectivity index (χ4n) is 2.09. The Labute approximate surface area is 91.4 Å². The molecule has 1 aromatic rings. The van der Waals surface area contributed by atoms with Gasteiger partial charge in [0.15, 0.2) is 0 Å². The summed E-state index contributed by atoms with van der Waals surface area (Å²) in [5.74, 6) is 6.04. The molecule has 1 saturated heterocycles. The predicted molar refractivity (Wildman–Crippen MR) is 63.1 cm³/mol. The van der Waals surface area contributed by atoms with Gasteiger partial charge >= 0.3 is 0 Å². The molecule has 2 nitrogen and oxygen atoms in total. The van der Waals surface area contributed by atoms with Gasteiger partial charge in [0.2, 0.25) is 0 Å². The van der Waals surface area contributed by atoms with E-state index in [9.17, 15) is 0 Å². The van der Waals surface area contributed by atoms with Gasteiger partial charge < -0.3 is 0 Å². The molecule has 0 radical (unpaired) electrons. The maximum atomic E-state index is 6.04. The van der Waals surface area contributed by atoms with Crippen molar-refractivity contribution in [2.24, 2.45) is 5.84 Å². The van der Waals surface area contributed by atoms with Gasteiger partial charge in [0, 0.05) is 6.54 Å². The van der Waals surface area contributed by atoms with Crippen LogP contribution >= 0.6 is 0 Å². The molecule has 80 valence electrons. The summed E-state index contributed by atoms with van der Waals surface area (Å²) < 4.78 is 0. The lowest BCUT2D eigenvalue weighted by Gasteiger charge is -2.18. The minimum Gasteiger partial charge on any atom is -0.268 e. The average molecular weight is 202 g/mol. The second kappa shape index (κ2) is 4.17. The van der Waals surface area contributed by atoms with Crippen molar-refractivity contribution in [3.8, 4) is 0 Å². The van der Waals surface area contributed by atoms with Crippen LogP contribution in [0.1, 0.15) is 31.9 Å². The molecule has 1 unspecified atom stereocenters. The molecule has 2 N–H and O–H groups in total. The van der Waals surface area contributed by atoms with Crippen molar-refractivity contribution in [1.82, 2.24) is 5.01 Å². The van der Waals surface area contributed by atoms with Gasteiger partial charge in [-0.15, -0.1) is 0 Å². The van der Waals surface area contributed by atoms with Crippen LogP contribution in [-0.2, 0) is 0 Å². The molecular weight excluding hydrogens is 184 g/mol. The van der Waals surface area contributed by atoms with Crippen molar-refractivity contribution in [2.75, 3.05) is 6.54 Å². The molecule has 0 saturated carbocycles. The maximum Gasteiger partial charge on any atom is 0.0531 e. The molecule has 1 aliphatic heterocycles. The van der Waals surface area contributed by atoms with E-state index in [1.807, 2.05) is 11.1 Å². The number of nitrogens with zero attached hydrogens (tertiary/aromatic N) is 1. The highest BCUT2D eigenvalue weighted by Gasteiger charge is 2.27. The monoisotopic (exact) mass is 202 g/mol. The Morgan fingerprint density at radius 3 is 2.47 bits per heavy atom. The normalized spacial score (nSPS) is 22.1. The van der Waals surface area contributed by atoms with E-state index < -0.39 is 0 Å². The molecule has 2 heteroatoms. The molecule has 0 aromatic heterocycles. The Morgan fingerprint density at radius 1 is 1.27 bits per heavy atom. The first kappa shape index (κ1) is 10.4. The van der Waals surface area contributed by atoms with Crippen molar-refractivity contribution >= 4 is 0 Å². The van der Waals surface area contributed by atoms with E-state index in [2.05, 4.69) is 38.1 Å². The highest BCUT2D eigenvalue weighted by Crippen LogP contribution is 2.33. The molecule has 0 amide bonds. The summed E-state index contributed by atoms with van der Waals surface area (Å²) >= 11 is 0. The van der Waals surface area contributed by atoms with Crippen molar-refractivity contribution < 1.29 is 0 Å². The zero-order valence-corrected chi connectivity index (χ0v) is 9.40. The summed E-state index contributed by atoms with van der Waals surface area (Å²) in [6, 6.07) is 10.8. The van der Waals surface area contributed by atoms with Gasteiger partial charge in [-0.25, -0.2) is 5.01 Å². The SMILES string of the molecule is CC(C)=C1CC(c2ccccc2)N(N)C1. The molecule has 0 aliphatic carbocycles. The minimum atomic E-state index is 0.357. The van der Waals surface area contributed by atoms with Gasteiger partial charge in [-0.1, -0.05) is 41.5 Å². The van der Waals surface area contributed by atoms with Crippen LogP contribution in [0.2, 0.25) is 0 Å². The van der Waals surface area contributed by atoms with Crippen LogP contribution in [0.3, 0.4) is 0 Å². The van der Waals surface area contributed by atoms with E-state index >= 15 is 0 Å². The van der Waals surface area contributed by atoms with E-state index in [-0.39, 0.29) is 0 Å². The van der Waals surface area contributed by atoms with Gasteiger partial charge in [0.05, 0.1) is 6.04 Å². The molecule has 1 atom stereocenters. The van der Waals surface area contributed by atoms with Gasteiger partial charge in [-0.2, -0.15) is 0 Å². The molecule has 1 fully saturated rings. The number of hydrogen-bond acceptors (Lipinski definition) is 2. The molecule has 15 heavy (non-hydrogen) atoms. The first-order chi connectivity index (χ1) is 7.18. The van der Waals surface area contributed by atoms with Crippen molar-refractivity contribution in [3.05, 3.63) is 47.0 Å². The van der Waals surface area contributed by atoms with Gasteiger partial charge in [0.1, 0.15) is 0 Å². The average Bonchev–Trinajstić information content (AvgIpc) is 2.62. The Kier molecular flexibility index (Phi) is 2.89. The third-order valence-corrected chi connectivity index (χ3v) is 3.10. The lowest BCUT2D eigenvalue weighted by Crippen LogP contribution is -2.30. The predicted octanol–water partition coefficient (Wildman–Crippen LogP) is 2.64. The quantitative estimate of drug-likeness (QED) is 0.560. The topological polar surface area (TPSA) is 29.3 Å². The van der Waals surface area contributed by atoms with E-state index in [0.29, 0.717) is 6.04 Å². The molecule has 2 rings (SSSR count). The highest BCUT2D eigenvalue weighted by molar-refractivity contribution is 5.26. The Hall–Kier alpha value is -1.12. The molecule has 1 aromatic carbocycles. The highest BCUT2D eigenvalue weighted by atomic mass is 15.4. The molecule has 1 heterocycles. The van der Waals surface area contributed by atoms with Crippen LogP contribution in [0.15, 0.2) is 41.5 Å². The maximum absolute atomic E-state index is 6.04. The van der Waals surface area contributed by atoms with Crippen molar-refractivity contribution in [1.29, 1.82) is 0 Å². The third kappa shape index (κ3) is 2.11. The van der Waals surface area contributed by atoms with E-state index in [1.54, 1.807) is 0 Å². The van der Waals surface area contributed by atoms with Crippen LogP contribution < -0.4 is 5.84 Å². The number of rotatable bonds is 1. The minimum absolute atomic E-state index is 0.357. The van der Waals surface area contributed by atoms with Gasteiger partial charge in [0.25, 0.3) is 0 Å². The standard InChI is InChI=1S/C13H18N2/c1-10(2)12-8-13(15(14)9-12)11-6-4-3-5-7-11/h3-7,13H,8-9,14H2,1-2H3. The largest absolute Gasteiger partial charge is 0.268 e. The lowest BCUT2D eigenvalue weighted by atomic mass is 10.0. The summed E-state index contributed by atoms with van der Waals surface area (Å²) in [6.07, 6.45) is 1.07. The number of allylic oxidation sites excluding steroid dienone is 1. The Balaban J connectivity index is 2.23. The number of benzene rings is 1. The van der Waals surface area contributed by atoms with Crippen LogP contribution in [0.25, 0.3) is 0 Å². The van der Waals surface area contributed by atoms with Crippen molar-refractivity contribution in [2.45, 2.75) is 26.3 Å². The lowest BCUT2D eigenvalue weighted by molar-refractivity contribution is 0.268. The van der Waals surface area contributed by atoms with Crippen molar-refractivity contribution in [3.63, 3.8) is 0 Å². The zero-order chi connectivity index (χ0) is 10.8. The van der Waals surface area contributed by atoms with Crippen LogP contribution in [0, 0.1) is 0 Å². The fraction of sp³-hybridized carbons (Fsp3) is 0.385. The van der Waals surface area contributed by atoms with E-state index in [0.717, 1.165) is 13.0 Å². The third-order valence-electron chi connectivity index (χ3n) is 3.10. The summed E-state index contributed by atoms with van der Waals surface area (Å²) in [7, 11) is 0. The first-order valence-electron chi connectivity index (χ1n) is 5.40. The zero-order valence-electron chi connectivity index (χ0n) is 9.40. The summed E-state index contributed by atoms with van der Waals surface area (Å²) in [5, 5.41) is 1.94. The van der Waals surface area contributed by atoms with E-state index in [1.165, 1.54) is 16.7 Å². The summed E-state index contributed by atoms with van der Waals surface area (Å²) in [4.78, 5) is 0. The Morgan fingerprint density at radius 2 is 1.93 bits per heavy atom. The second-order valence-corrected chi connectivity index (χ2v) is 4.41. The number of hydrogen-bond donors (Lipinski definition) is 1. The molecule has 0 bridgehead atoms. The van der Waals surface area contributed by atoms with Crippen LogP contribution in [0.5, 0.6) is 0 Å². The smallest absolute Gasteiger partial charge is 0.0531 e. The van der Waals surface area contributed by atoms with Crippen LogP contribution in [0.4, 0.5) is 0 Å². The first-order valence-corrected chi connectivity index (χ1v) is 5.40. The number of nitrogens with two attached hydrogens (primary N) is 1. The second-order valence-electron chi connectivity index (χ2n) is 4.41. The van der Waals surface area contributed by atoms with Gasteiger partial charge in [-0.05, 0) is 25.8 Å². The summed E-state index contributed by atoms with van der Waals surface area (Å²) in [5.41, 5.74) is 4.20. The molecule has 1 aliphatic rings.